The fourth-order valence-electron chi connectivity index (χ4n) is 3.69. The topological polar surface area (TPSA) is 106 Å². The first kappa shape index (κ1) is 29.4. The van der Waals surface area contributed by atoms with Crippen molar-refractivity contribution in [2.75, 3.05) is 24.9 Å². The highest BCUT2D eigenvalue weighted by atomic mass is 32.2. The second-order valence-corrected chi connectivity index (χ2v) is 11.0. The van der Waals surface area contributed by atoms with Gasteiger partial charge in [-0.15, -0.1) is 11.8 Å². The summed E-state index contributed by atoms with van der Waals surface area (Å²) in [6, 6.07) is 22.9. The van der Waals surface area contributed by atoms with Gasteiger partial charge in [0.2, 0.25) is 5.91 Å². The number of methoxy groups -OCH3 is 2. The minimum Gasteiger partial charge on any atom is -0.497 e. The van der Waals surface area contributed by atoms with E-state index >= 15 is 0 Å². The van der Waals surface area contributed by atoms with Crippen LogP contribution in [-0.4, -0.2) is 37.2 Å². The molecular formula is C31H29N3O5S2. The van der Waals surface area contributed by atoms with Crippen LogP contribution < -0.4 is 25.4 Å². The number of carbonyl (C=O) groups excluding carboxylic acids is 3. The number of carbonyl (C=O) groups is 3. The first-order valence-electron chi connectivity index (χ1n) is 12.6. The quantitative estimate of drug-likeness (QED) is 0.141. The third-order valence-electron chi connectivity index (χ3n) is 5.78. The molecule has 4 aromatic rings. The molecule has 210 valence electrons. The molecule has 0 spiro atoms. The number of nitrogens with one attached hydrogen (secondary N) is 3. The first-order chi connectivity index (χ1) is 19.8. The molecule has 0 bridgehead atoms. The van der Waals surface area contributed by atoms with Gasteiger partial charge < -0.3 is 25.4 Å². The number of benzene rings is 3. The van der Waals surface area contributed by atoms with Crippen molar-refractivity contribution in [2.45, 2.75) is 17.1 Å². The fourth-order valence-corrected chi connectivity index (χ4v) is 5.24. The molecule has 0 aliphatic carbocycles. The third-order valence-corrected chi connectivity index (χ3v) is 7.57. The number of thiophene rings is 1. The van der Waals surface area contributed by atoms with E-state index in [0.717, 1.165) is 10.5 Å². The van der Waals surface area contributed by atoms with Crippen molar-refractivity contribution in [3.05, 3.63) is 106 Å². The van der Waals surface area contributed by atoms with Crippen molar-refractivity contribution in [1.29, 1.82) is 0 Å². The zero-order valence-corrected chi connectivity index (χ0v) is 24.3. The van der Waals surface area contributed by atoms with Gasteiger partial charge in [0.15, 0.2) is 0 Å². The molecule has 10 heteroatoms. The Kier molecular flexibility index (Phi) is 10.2. The van der Waals surface area contributed by atoms with Crippen LogP contribution in [0.25, 0.3) is 6.08 Å². The van der Waals surface area contributed by atoms with E-state index in [1.54, 1.807) is 87.9 Å². The monoisotopic (exact) mass is 587 g/mol. The van der Waals surface area contributed by atoms with E-state index in [9.17, 15) is 14.4 Å². The van der Waals surface area contributed by atoms with E-state index in [4.69, 9.17) is 9.47 Å². The van der Waals surface area contributed by atoms with Crippen LogP contribution in [0.1, 0.15) is 22.8 Å². The standard InChI is InChI=1S/C31H29N3O5S2/c1-20(29(35)33-24-15-25(38-2)18-26(16-24)39-3)41-27-11-7-10-23(17-27)32-31(37)28(14-21-12-13-40-19-21)34-30(36)22-8-5-4-6-9-22/h4-20H,1-3H3,(H,32,37)(H,33,35)(H,34,36)/b28-14-. The molecule has 1 aromatic heterocycles. The zero-order chi connectivity index (χ0) is 29.2. The molecule has 3 aromatic carbocycles. The summed E-state index contributed by atoms with van der Waals surface area (Å²) in [6.45, 7) is 1.80. The van der Waals surface area contributed by atoms with E-state index in [2.05, 4.69) is 16.0 Å². The molecule has 1 unspecified atom stereocenters. The second-order valence-electron chi connectivity index (χ2n) is 8.77. The Labute approximate surface area is 246 Å². The third kappa shape index (κ3) is 8.47. The van der Waals surface area contributed by atoms with Gasteiger partial charge in [0.1, 0.15) is 17.2 Å². The Morgan fingerprint density at radius 2 is 1.59 bits per heavy atom. The van der Waals surface area contributed by atoms with Crippen LogP contribution in [0, 0.1) is 0 Å². The highest BCUT2D eigenvalue weighted by Gasteiger charge is 2.18. The molecule has 0 fully saturated rings. The molecule has 3 amide bonds. The average molecular weight is 588 g/mol. The zero-order valence-electron chi connectivity index (χ0n) is 22.7. The van der Waals surface area contributed by atoms with E-state index < -0.39 is 11.2 Å². The van der Waals surface area contributed by atoms with Crippen LogP contribution in [0.4, 0.5) is 11.4 Å². The molecule has 1 atom stereocenters. The van der Waals surface area contributed by atoms with Crippen LogP contribution in [0.2, 0.25) is 0 Å². The minimum atomic E-state index is -0.472. The largest absolute Gasteiger partial charge is 0.497 e. The molecule has 3 N–H and O–H groups in total. The molecule has 8 nitrogen and oxygen atoms in total. The summed E-state index contributed by atoms with van der Waals surface area (Å²) in [5.41, 5.74) is 2.43. The predicted molar refractivity (Wildman–Crippen MR) is 165 cm³/mol. The lowest BCUT2D eigenvalue weighted by atomic mass is 10.2. The van der Waals surface area contributed by atoms with Crippen LogP contribution in [0.3, 0.4) is 0 Å². The lowest BCUT2D eigenvalue weighted by molar-refractivity contribution is -0.115. The maximum Gasteiger partial charge on any atom is 0.272 e. The molecule has 0 saturated carbocycles. The molecule has 0 saturated heterocycles. The minimum absolute atomic E-state index is 0.108. The number of anilines is 2. The maximum absolute atomic E-state index is 13.3. The number of thioether (sulfide) groups is 1. The van der Waals surface area contributed by atoms with Gasteiger partial charge >= 0.3 is 0 Å². The Bertz CT molecular complexity index is 1520. The summed E-state index contributed by atoms with van der Waals surface area (Å²) in [6.07, 6.45) is 1.63. The van der Waals surface area contributed by atoms with E-state index in [0.29, 0.717) is 28.4 Å². The van der Waals surface area contributed by atoms with Gasteiger partial charge in [0.05, 0.1) is 19.5 Å². The van der Waals surface area contributed by atoms with Crippen molar-refractivity contribution < 1.29 is 23.9 Å². The second kappa shape index (κ2) is 14.2. The number of ether oxygens (including phenoxy) is 2. The van der Waals surface area contributed by atoms with Gasteiger partial charge in [-0.1, -0.05) is 24.3 Å². The first-order valence-corrected chi connectivity index (χ1v) is 14.4. The van der Waals surface area contributed by atoms with Gasteiger partial charge in [-0.05, 0) is 65.7 Å². The van der Waals surface area contributed by atoms with Crippen molar-refractivity contribution in [3.63, 3.8) is 0 Å². The van der Waals surface area contributed by atoms with E-state index in [-0.39, 0.29) is 17.5 Å². The van der Waals surface area contributed by atoms with Crippen molar-refractivity contribution in [1.82, 2.24) is 5.32 Å². The maximum atomic E-state index is 13.3. The van der Waals surface area contributed by atoms with E-state index in [1.807, 2.05) is 29.0 Å². The van der Waals surface area contributed by atoms with Gasteiger partial charge in [-0.25, -0.2) is 0 Å². The number of rotatable bonds is 11. The number of amides is 3. The fraction of sp³-hybridized carbons (Fsp3) is 0.129. The van der Waals surface area contributed by atoms with Gasteiger partial charge in [0, 0.05) is 40.0 Å². The number of hydrogen-bond acceptors (Lipinski definition) is 7. The predicted octanol–water partition coefficient (Wildman–Crippen LogP) is 6.29. The smallest absolute Gasteiger partial charge is 0.272 e. The molecular weight excluding hydrogens is 558 g/mol. The van der Waals surface area contributed by atoms with Crippen LogP contribution in [0.15, 0.2) is 100 Å². The Morgan fingerprint density at radius 3 is 2.24 bits per heavy atom. The molecule has 1 heterocycles. The lowest BCUT2D eigenvalue weighted by Gasteiger charge is -2.15. The summed E-state index contributed by atoms with van der Waals surface area (Å²) >= 11 is 2.83. The van der Waals surface area contributed by atoms with Crippen LogP contribution in [-0.2, 0) is 9.59 Å². The number of hydrogen-bond donors (Lipinski definition) is 3. The Balaban J connectivity index is 1.44. The summed E-state index contributed by atoms with van der Waals surface area (Å²) < 4.78 is 10.5. The van der Waals surface area contributed by atoms with Gasteiger partial charge in [0.25, 0.3) is 11.8 Å². The Hall–Kier alpha value is -4.54. The Morgan fingerprint density at radius 1 is 0.854 bits per heavy atom. The normalized spacial score (nSPS) is 11.7. The summed E-state index contributed by atoms with van der Waals surface area (Å²) in [5, 5.41) is 11.8. The average Bonchev–Trinajstić information content (AvgIpc) is 3.50. The summed E-state index contributed by atoms with van der Waals surface area (Å²) in [5.74, 6) is 0.0660. The van der Waals surface area contributed by atoms with E-state index in [1.165, 1.54) is 23.1 Å². The molecule has 41 heavy (non-hydrogen) atoms. The van der Waals surface area contributed by atoms with Gasteiger partial charge in [-0.3, -0.25) is 14.4 Å². The molecule has 4 rings (SSSR count). The summed E-state index contributed by atoms with van der Waals surface area (Å²) in [4.78, 5) is 39.8. The van der Waals surface area contributed by atoms with Crippen LogP contribution in [0.5, 0.6) is 11.5 Å². The molecule has 0 aliphatic rings. The van der Waals surface area contributed by atoms with Crippen LogP contribution >= 0.6 is 23.1 Å². The lowest BCUT2D eigenvalue weighted by Crippen LogP contribution is -2.30. The summed E-state index contributed by atoms with van der Waals surface area (Å²) in [7, 11) is 3.09. The van der Waals surface area contributed by atoms with Crippen molar-refractivity contribution in [2.24, 2.45) is 0 Å². The highest BCUT2D eigenvalue weighted by molar-refractivity contribution is 8.00. The van der Waals surface area contributed by atoms with Crippen molar-refractivity contribution in [3.8, 4) is 11.5 Å². The molecule has 0 radical (unpaired) electrons. The molecule has 0 aliphatic heterocycles. The highest BCUT2D eigenvalue weighted by Crippen LogP contribution is 2.29. The van der Waals surface area contributed by atoms with Gasteiger partial charge in [-0.2, -0.15) is 11.3 Å². The SMILES string of the molecule is COc1cc(NC(=O)C(C)Sc2cccc(NC(=O)/C(=C/c3ccsc3)NC(=O)c3ccccc3)c2)cc(OC)c1. The van der Waals surface area contributed by atoms with Crippen molar-refractivity contribution >= 4 is 58.3 Å².